The fraction of sp³-hybridized carbons (Fsp3) is 0.880. The van der Waals surface area contributed by atoms with Crippen molar-refractivity contribution in [2.24, 2.45) is 5.92 Å². The normalized spacial score (nSPS) is 14.2. The van der Waals surface area contributed by atoms with Crippen molar-refractivity contribution in [3.8, 4) is 0 Å². The van der Waals surface area contributed by atoms with Crippen molar-refractivity contribution in [3.63, 3.8) is 0 Å². The van der Waals surface area contributed by atoms with Gasteiger partial charge in [-0.15, -0.1) is 0 Å². The molecule has 0 amide bonds. The molecule has 0 fully saturated rings. The quantitative estimate of drug-likeness (QED) is 0.164. The van der Waals surface area contributed by atoms with Gasteiger partial charge in [-0.05, 0) is 38.5 Å². The van der Waals surface area contributed by atoms with Crippen molar-refractivity contribution in [1.82, 2.24) is 0 Å². The Bertz CT molecular complexity index is 389. The summed E-state index contributed by atoms with van der Waals surface area (Å²) in [7, 11) is 0. The van der Waals surface area contributed by atoms with Gasteiger partial charge in [-0.2, -0.15) is 0 Å². The number of hydrogen-bond donors (Lipinski definition) is 2. The highest BCUT2D eigenvalue weighted by Gasteiger charge is 2.20. The molecule has 28 heavy (non-hydrogen) atoms. The SMILES string of the molecule is C/C=C(/CCC(O)C(CCCCCCCC)CCCCCCCCC)C(=O)O. The highest BCUT2D eigenvalue weighted by molar-refractivity contribution is 5.86. The predicted octanol–water partition coefficient (Wildman–Crippen LogP) is 7.67. The lowest BCUT2D eigenvalue weighted by atomic mass is 9.87. The summed E-state index contributed by atoms with van der Waals surface area (Å²) in [5, 5.41) is 19.9. The second-order valence-electron chi connectivity index (χ2n) is 8.45. The lowest BCUT2D eigenvalue weighted by molar-refractivity contribution is -0.132. The first-order valence-electron chi connectivity index (χ1n) is 12.1. The van der Waals surface area contributed by atoms with Crippen LogP contribution in [0.1, 0.15) is 130 Å². The smallest absolute Gasteiger partial charge is 0.331 e. The Morgan fingerprint density at radius 2 is 1.18 bits per heavy atom. The highest BCUT2D eigenvalue weighted by atomic mass is 16.4. The Labute approximate surface area is 175 Å². The minimum absolute atomic E-state index is 0.328. The van der Waals surface area contributed by atoms with E-state index in [1.165, 1.54) is 83.5 Å². The highest BCUT2D eigenvalue weighted by Crippen LogP contribution is 2.25. The molecule has 0 bridgehead atoms. The van der Waals surface area contributed by atoms with E-state index in [1.54, 1.807) is 13.0 Å². The largest absolute Gasteiger partial charge is 0.478 e. The van der Waals surface area contributed by atoms with Gasteiger partial charge in [-0.1, -0.05) is 103 Å². The van der Waals surface area contributed by atoms with E-state index in [4.69, 9.17) is 0 Å². The molecule has 0 aliphatic carbocycles. The summed E-state index contributed by atoms with van der Waals surface area (Å²) in [6.45, 7) is 6.25. The van der Waals surface area contributed by atoms with Crippen LogP contribution >= 0.6 is 0 Å². The number of aliphatic hydroxyl groups is 1. The molecule has 0 aromatic heterocycles. The number of rotatable bonds is 20. The van der Waals surface area contributed by atoms with Gasteiger partial charge in [-0.25, -0.2) is 4.79 Å². The first kappa shape index (κ1) is 27.2. The molecule has 0 rings (SSSR count). The topological polar surface area (TPSA) is 57.5 Å². The zero-order valence-electron chi connectivity index (χ0n) is 19.1. The molecule has 0 spiro atoms. The van der Waals surface area contributed by atoms with E-state index in [2.05, 4.69) is 13.8 Å². The van der Waals surface area contributed by atoms with E-state index in [1.807, 2.05) is 0 Å². The molecule has 0 aliphatic rings. The van der Waals surface area contributed by atoms with Crippen LogP contribution < -0.4 is 0 Å². The molecule has 0 aromatic rings. The standard InChI is InChI=1S/C25H48O3/c1-4-7-9-11-13-15-17-19-23(18-16-14-12-10-8-5-2)24(26)21-20-22(6-3)25(27)28/h6,23-24,26H,4-5,7-21H2,1-3H3,(H,27,28)/b22-6-. The lowest BCUT2D eigenvalue weighted by Crippen LogP contribution is -2.21. The van der Waals surface area contributed by atoms with Gasteiger partial charge >= 0.3 is 5.97 Å². The summed E-state index contributed by atoms with van der Waals surface area (Å²) in [5.74, 6) is -0.525. The number of allylic oxidation sites excluding steroid dienone is 1. The van der Waals surface area contributed by atoms with Gasteiger partial charge in [0.2, 0.25) is 0 Å². The van der Waals surface area contributed by atoms with Crippen LogP contribution in [0.2, 0.25) is 0 Å². The van der Waals surface area contributed by atoms with Crippen molar-refractivity contribution in [3.05, 3.63) is 11.6 Å². The number of hydrogen-bond acceptors (Lipinski definition) is 2. The predicted molar refractivity (Wildman–Crippen MR) is 121 cm³/mol. The van der Waals surface area contributed by atoms with Crippen LogP contribution in [0.15, 0.2) is 11.6 Å². The van der Waals surface area contributed by atoms with E-state index < -0.39 is 5.97 Å². The Balaban J connectivity index is 4.30. The van der Waals surface area contributed by atoms with Gasteiger partial charge in [0, 0.05) is 5.57 Å². The van der Waals surface area contributed by atoms with Crippen LogP contribution in [0.4, 0.5) is 0 Å². The molecule has 2 atom stereocenters. The molecule has 3 nitrogen and oxygen atoms in total. The van der Waals surface area contributed by atoms with Gasteiger partial charge < -0.3 is 10.2 Å². The number of carboxylic acids is 1. The Kier molecular flexibility index (Phi) is 18.9. The number of aliphatic hydroxyl groups excluding tert-OH is 1. The van der Waals surface area contributed by atoms with Crippen LogP contribution in [0.25, 0.3) is 0 Å². The fourth-order valence-electron chi connectivity index (χ4n) is 3.99. The Morgan fingerprint density at radius 3 is 1.57 bits per heavy atom. The van der Waals surface area contributed by atoms with Gasteiger partial charge in [0.05, 0.1) is 6.10 Å². The summed E-state index contributed by atoms with van der Waals surface area (Å²) in [4.78, 5) is 11.2. The maximum atomic E-state index is 11.2. The first-order chi connectivity index (χ1) is 13.6. The van der Waals surface area contributed by atoms with Crippen LogP contribution in [0, 0.1) is 5.92 Å². The second kappa shape index (κ2) is 19.5. The molecular formula is C25H48O3. The van der Waals surface area contributed by atoms with Crippen LogP contribution in [-0.2, 0) is 4.79 Å². The van der Waals surface area contributed by atoms with Gasteiger partial charge in [-0.3, -0.25) is 0 Å². The monoisotopic (exact) mass is 396 g/mol. The van der Waals surface area contributed by atoms with Crippen molar-refractivity contribution in [2.45, 2.75) is 136 Å². The summed E-state index contributed by atoms with van der Waals surface area (Å²) < 4.78 is 0. The molecular weight excluding hydrogens is 348 g/mol. The summed E-state index contributed by atoms with van der Waals surface area (Å²) in [5.41, 5.74) is 0.424. The molecule has 0 saturated carbocycles. The molecule has 166 valence electrons. The molecule has 0 heterocycles. The van der Waals surface area contributed by atoms with E-state index in [9.17, 15) is 15.0 Å². The molecule has 0 radical (unpaired) electrons. The fourth-order valence-corrected chi connectivity index (χ4v) is 3.99. The second-order valence-corrected chi connectivity index (χ2v) is 8.45. The van der Waals surface area contributed by atoms with E-state index >= 15 is 0 Å². The molecule has 3 heteroatoms. The third-order valence-corrected chi connectivity index (χ3v) is 5.98. The minimum Gasteiger partial charge on any atom is -0.478 e. The number of unbranched alkanes of at least 4 members (excludes halogenated alkanes) is 11. The van der Waals surface area contributed by atoms with Crippen LogP contribution in [0.5, 0.6) is 0 Å². The first-order valence-corrected chi connectivity index (χ1v) is 12.1. The van der Waals surface area contributed by atoms with Gasteiger partial charge in [0.15, 0.2) is 0 Å². The maximum absolute atomic E-state index is 11.2. The van der Waals surface area contributed by atoms with Crippen molar-refractivity contribution < 1.29 is 15.0 Å². The molecule has 0 aliphatic heterocycles. The van der Waals surface area contributed by atoms with Gasteiger partial charge in [0.1, 0.15) is 0 Å². The number of carbonyl (C=O) groups is 1. The zero-order chi connectivity index (χ0) is 21.0. The minimum atomic E-state index is -0.853. The Hall–Kier alpha value is -0.830. The number of carboxylic acid groups (broad SMARTS) is 1. The molecule has 0 saturated heterocycles. The van der Waals surface area contributed by atoms with E-state index in [-0.39, 0.29) is 6.10 Å². The van der Waals surface area contributed by atoms with Crippen LogP contribution in [-0.4, -0.2) is 22.3 Å². The van der Waals surface area contributed by atoms with Crippen LogP contribution in [0.3, 0.4) is 0 Å². The molecule has 2 unspecified atom stereocenters. The Morgan fingerprint density at radius 1 is 0.750 bits per heavy atom. The summed E-state index contributed by atoms with van der Waals surface area (Å²) >= 11 is 0. The average molecular weight is 397 g/mol. The van der Waals surface area contributed by atoms with Crippen molar-refractivity contribution >= 4 is 5.97 Å². The van der Waals surface area contributed by atoms with Crippen molar-refractivity contribution in [1.29, 1.82) is 0 Å². The van der Waals surface area contributed by atoms with E-state index in [0.29, 0.717) is 24.3 Å². The summed E-state index contributed by atoms with van der Waals surface area (Å²) in [6, 6.07) is 0. The van der Waals surface area contributed by atoms with Crippen molar-refractivity contribution in [2.75, 3.05) is 0 Å². The molecule has 0 aromatic carbocycles. The number of aliphatic carboxylic acids is 1. The molecule has 2 N–H and O–H groups in total. The summed E-state index contributed by atoms with van der Waals surface area (Å²) in [6.07, 6.45) is 21.3. The maximum Gasteiger partial charge on any atom is 0.331 e. The van der Waals surface area contributed by atoms with E-state index in [0.717, 1.165) is 12.8 Å². The van der Waals surface area contributed by atoms with Gasteiger partial charge in [0.25, 0.3) is 0 Å². The average Bonchev–Trinajstić information content (AvgIpc) is 2.68. The zero-order valence-corrected chi connectivity index (χ0v) is 19.1. The third-order valence-electron chi connectivity index (χ3n) is 5.98. The third kappa shape index (κ3) is 15.1. The lowest BCUT2D eigenvalue weighted by Gasteiger charge is -2.23.